The highest BCUT2D eigenvalue weighted by molar-refractivity contribution is 5.19. The van der Waals surface area contributed by atoms with Crippen molar-refractivity contribution in [1.29, 1.82) is 0 Å². The molecule has 0 spiro atoms. The van der Waals surface area contributed by atoms with Crippen molar-refractivity contribution < 1.29 is 13.9 Å². The Morgan fingerprint density at radius 1 is 1.33 bits per heavy atom. The van der Waals surface area contributed by atoms with Crippen LogP contribution in [0.3, 0.4) is 0 Å². The summed E-state index contributed by atoms with van der Waals surface area (Å²) in [5, 5.41) is 11.8. The summed E-state index contributed by atoms with van der Waals surface area (Å²) in [6.07, 6.45) is 0.166. The Balaban J connectivity index is 2.43. The molecule has 4 heteroatoms. The Morgan fingerprint density at radius 2 is 1.93 bits per heavy atom. The number of hydrogen-bond acceptors (Lipinski definition) is 2. The lowest BCUT2D eigenvalue weighted by Gasteiger charge is -2.08. The highest BCUT2D eigenvalue weighted by atomic mass is 19.1. The van der Waals surface area contributed by atoms with Crippen LogP contribution in [0.2, 0.25) is 0 Å². The van der Waals surface area contributed by atoms with Crippen LogP contribution in [0.1, 0.15) is 18.9 Å². The third-order valence-electron chi connectivity index (χ3n) is 2.10. The molecule has 0 aliphatic rings. The van der Waals surface area contributed by atoms with Crippen LogP contribution >= 0.6 is 0 Å². The Morgan fingerprint density at radius 3 is 2.47 bits per heavy atom. The Bertz CT molecular complexity index is 295. The maximum Gasteiger partial charge on any atom is 0.130 e. The molecule has 1 rings (SSSR count). The van der Waals surface area contributed by atoms with Crippen molar-refractivity contribution in [1.82, 2.24) is 5.32 Å². The minimum atomic E-state index is -0.542. The molecule has 2 nitrogen and oxygen atoms in total. The van der Waals surface area contributed by atoms with Gasteiger partial charge in [0.05, 0.1) is 6.10 Å². The van der Waals surface area contributed by atoms with Crippen LogP contribution in [0.15, 0.2) is 18.2 Å². The topological polar surface area (TPSA) is 32.3 Å². The number of rotatable bonds is 5. The zero-order valence-electron chi connectivity index (χ0n) is 8.63. The van der Waals surface area contributed by atoms with Crippen molar-refractivity contribution >= 4 is 0 Å². The summed E-state index contributed by atoms with van der Waals surface area (Å²) in [5.41, 5.74) is 0.0445. The molecule has 0 saturated carbocycles. The molecule has 15 heavy (non-hydrogen) atoms. The van der Waals surface area contributed by atoms with E-state index in [9.17, 15) is 8.78 Å². The van der Waals surface area contributed by atoms with Gasteiger partial charge < -0.3 is 10.4 Å². The van der Waals surface area contributed by atoms with E-state index in [1.54, 1.807) is 6.92 Å². The number of aliphatic hydroxyl groups is 1. The zero-order valence-corrected chi connectivity index (χ0v) is 8.63. The van der Waals surface area contributed by atoms with Crippen molar-refractivity contribution in [2.45, 2.75) is 26.0 Å². The van der Waals surface area contributed by atoms with Crippen molar-refractivity contribution in [2.24, 2.45) is 0 Å². The van der Waals surface area contributed by atoms with E-state index < -0.39 is 17.7 Å². The van der Waals surface area contributed by atoms with E-state index in [1.165, 1.54) is 18.2 Å². The molecule has 0 saturated heterocycles. The fourth-order valence-electron chi connectivity index (χ4n) is 1.23. The summed E-state index contributed by atoms with van der Waals surface area (Å²) in [7, 11) is 0. The first-order valence-electron chi connectivity index (χ1n) is 4.93. The molecule has 0 radical (unpaired) electrons. The molecule has 0 aliphatic heterocycles. The van der Waals surface area contributed by atoms with Gasteiger partial charge in [0, 0.05) is 12.1 Å². The molecule has 2 N–H and O–H groups in total. The van der Waals surface area contributed by atoms with Crippen LogP contribution in [0.25, 0.3) is 0 Å². The van der Waals surface area contributed by atoms with E-state index in [0.29, 0.717) is 13.0 Å². The van der Waals surface area contributed by atoms with Crippen LogP contribution in [0, 0.1) is 11.6 Å². The van der Waals surface area contributed by atoms with Gasteiger partial charge in [-0.1, -0.05) is 6.07 Å². The van der Waals surface area contributed by atoms with Crippen LogP contribution < -0.4 is 5.32 Å². The molecule has 0 amide bonds. The molecule has 1 unspecified atom stereocenters. The predicted molar refractivity (Wildman–Crippen MR) is 54.4 cm³/mol. The molecule has 1 atom stereocenters. The molecule has 0 aromatic heterocycles. The summed E-state index contributed by atoms with van der Waals surface area (Å²) >= 11 is 0. The van der Waals surface area contributed by atoms with Gasteiger partial charge in [-0.2, -0.15) is 0 Å². The third-order valence-corrected chi connectivity index (χ3v) is 2.10. The minimum Gasteiger partial charge on any atom is -0.393 e. The fraction of sp³-hybridized carbons (Fsp3) is 0.455. The normalized spacial score (nSPS) is 12.8. The molecule has 1 aromatic rings. The lowest BCUT2D eigenvalue weighted by Crippen LogP contribution is -2.20. The third kappa shape index (κ3) is 3.93. The van der Waals surface area contributed by atoms with Gasteiger partial charge in [-0.05, 0) is 32.0 Å². The maximum absolute atomic E-state index is 13.1. The van der Waals surface area contributed by atoms with E-state index in [0.717, 1.165) is 0 Å². The van der Waals surface area contributed by atoms with Crippen molar-refractivity contribution in [2.75, 3.05) is 6.54 Å². The molecule has 0 fully saturated rings. The molecule has 0 aliphatic carbocycles. The molecule has 0 bridgehead atoms. The van der Waals surface area contributed by atoms with Gasteiger partial charge >= 0.3 is 0 Å². The highest BCUT2D eigenvalue weighted by Crippen LogP contribution is 2.11. The van der Waals surface area contributed by atoms with Crippen molar-refractivity contribution in [3.8, 4) is 0 Å². The predicted octanol–water partition coefficient (Wildman–Crippen LogP) is 1.83. The summed E-state index contributed by atoms with van der Waals surface area (Å²) < 4.78 is 26.2. The van der Waals surface area contributed by atoms with E-state index >= 15 is 0 Å². The van der Waals surface area contributed by atoms with Gasteiger partial charge in [-0.25, -0.2) is 8.78 Å². The van der Waals surface area contributed by atoms with Gasteiger partial charge in [0.2, 0.25) is 0 Å². The second-order valence-corrected chi connectivity index (χ2v) is 3.51. The summed E-state index contributed by atoms with van der Waals surface area (Å²) in [4.78, 5) is 0. The first kappa shape index (κ1) is 12.1. The Kier molecular flexibility index (Phi) is 4.65. The minimum absolute atomic E-state index is 0.0445. The number of nitrogens with one attached hydrogen (secondary N) is 1. The van der Waals surface area contributed by atoms with Gasteiger partial charge in [0.1, 0.15) is 11.6 Å². The van der Waals surface area contributed by atoms with Gasteiger partial charge in [-0.3, -0.25) is 0 Å². The van der Waals surface area contributed by atoms with E-state index in [1.807, 2.05) is 0 Å². The number of benzene rings is 1. The van der Waals surface area contributed by atoms with E-state index in [-0.39, 0.29) is 12.1 Å². The summed E-state index contributed by atoms with van der Waals surface area (Å²) in [6.45, 7) is 2.35. The SMILES string of the molecule is CC(O)CCNCc1c(F)cccc1F. The van der Waals surface area contributed by atoms with Gasteiger partial charge in [-0.15, -0.1) is 0 Å². The van der Waals surface area contributed by atoms with Crippen molar-refractivity contribution in [3.05, 3.63) is 35.4 Å². The van der Waals surface area contributed by atoms with Gasteiger partial charge in [0.15, 0.2) is 0 Å². The van der Waals surface area contributed by atoms with Crippen LogP contribution in [0.4, 0.5) is 8.78 Å². The lowest BCUT2D eigenvalue weighted by atomic mass is 10.2. The first-order valence-corrected chi connectivity index (χ1v) is 4.93. The first-order chi connectivity index (χ1) is 7.11. The van der Waals surface area contributed by atoms with E-state index in [4.69, 9.17) is 5.11 Å². The zero-order chi connectivity index (χ0) is 11.3. The molecule has 1 aromatic carbocycles. The van der Waals surface area contributed by atoms with Gasteiger partial charge in [0.25, 0.3) is 0 Å². The second kappa shape index (κ2) is 5.78. The van der Waals surface area contributed by atoms with Crippen molar-refractivity contribution in [3.63, 3.8) is 0 Å². The molecule has 0 heterocycles. The molecular formula is C11H15F2NO. The van der Waals surface area contributed by atoms with Crippen LogP contribution in [-0.2, 0) is 6.54 Å². The monoisotopic (exact) mass is 215 g/mol. The number of aliphatic hydroxyl groups excluding tert-OH is 1. The van der Waals surface area contributed by atoms with Crippen LogP contribution in [-0.4, -0.2) is 17.8 Å². The smallest absolute Gasteiger partial charge is 0.130 e. The summed E-state index contributed by atoms with van der Waals surface area (Å²) in [6, 6.07) is 3.80. The number of halogens is 2. The molecular weight excluding hydrogens is 200 g/mol. The van der Waals surface area contributed by atoms with Crippen LogP contribution in [0.5, 0.6) is 0 Å². The summed E-state index contributed by atoms with van der Waals surface area (Å²) in [5.74, 6) is -1.08. The Labute approximate surface area is 87.9 Å². The number of hydrogen-bond donors (Lipinski definition) is 2. The quantitative estimate of drug-likeness (QED) is 0.734. The second-order valence-electron chi connectivity index (χ2n) is 3.51. The maximum atomic E-state index is 13.1. The van der Waals surface area contributed by atoms with E-state index in [2.05, 4.69) is 5.32 Å². The average Bonchev–Trinajstić information content (AvgIpc) is 2.15. The largest absolute Gasteiger partial charge is 0.393 e. The molecule has 84 valence electrons. The fourth-order valence-corrected chi connectivity index (χ4v) is 1.23. The standard InChI is InChI=1S/C11H15F2NO/c1-8(15)5-6-14-7-9-10(12)3-2-4-11(9)13/h2-4,8,14-15H,5-7H2,1H3. The lowest BCUT2D eigenvalue weighted by molar-refractivity contribution is 0.183. The highest BCUT2D eigenvalue weighted by Gasteiger charge is 2.07. The average molecular weight is 215 g/mol. The Hall–Kier alpha value is -1.00.